The minimum Gasteiger partial charge on any atom is -0.468 e. The van der Waals surface area contributed by atoms with E-state index in [1.54, 1.807) is 0 Å². The Morgan fingerprint density at radius 1 is 1.73 bits per heavy atom. The smallest absolute Gasteiger partial charge is 0.322 e. The lowest BCUT2D eigenvalue weighted by Crippen LogP contribution is -2.31. The summed E-state index contributed by atoms with van der Waals surface area (Å²) in [7, 11) is 1.30. The first-order valence-corrected chi connectivity index (χ1v) is 3.19. The number of nitrogens with one attached hydrogen (secondary N) is 1. The molecule has 0 spiro atoms. The maximum atomic E-state index is 12.4. The maximum absolute atomic E-state index is 12.4. The summed E-state index contributed by atoms with van der Waals surface area (Å²) in [6.07, 6.45) is -0.656. The second-order valence-electron chi connectivity index (χ2n) is 2.32. The van der Waals surface area contributed by atoms with Gasteiger partial charge in [-0.15, -0.1) is 12.4 Å². The van der Waals surface area contributed by atoms with Crippen molar-refractivity contribution in [2.45, 2.75) is 18.6 Å². The van der Waals surface area contributed by atoms with Crippen molar-refractivity contribution in [1.82, 2.24) is 5.32 Å². The van der Waals surface area contributed by atoms with Crippen LogP contribution in [-0.2, 0) is 9.53 Å². The zero-order valence-electron chi connectivity index (χ0n) is 6.17. The number of methoxy groups -OCH3 is 1. The lowest BCUT2D eigenvalue weighted by molar-refractivity contribution is -0.142. The molecule has 0 aliphatic carbocycles. The molecule has 3 nitrogen and oxygen atoms in total. The van der Waals surface area contributed by atoms with Crippen LogP contribution in [0, 0.1) is 0 Å². The van der Waals surface area contributed by atoms with E-state index >= 15 is 0 Å². The predicted octanol–water partition coefficient (Wildman–Crippen LogP) is 0.281. The molecule has 1 rings (SSSR count). The molecule has 1 aliphatic rings. The van der Waals surface area contributed by atoms with Gasteiger partial charge in [-0.05, 0) is 0 Å². The number of ether oxygens (including phenoxy) is 1. The van der Waals surface area contributed by atoms with E-state index in [0.29, 0.717) is 0 Å². The van der Waals surface area contributed by atoms with Crippen molar-refractivity contribution < 1.29 is 13.9 Å². The number of rotatable bonds is 1. The summed E-state index contributed by atoms with van der Waals surface area (Å²) in [6.45, 7) is 0.264. The lowest BCUT2D eigenvalue weighted by Gasteiger charge is -2.04. The van der Waals surface area contributed by atoms with Crippen LogP contribution in [0.5, 0.6) is 0 Å². The monoisotopic (exact) mass is 183 g/mol. The van der Waals surface area contributed by atoms with E-state index in [9.17, 15) is 9.18 Å². The molecule has 2 atom stereocenters. The van der Waals surface area contributed by atoms with E-state index in [1.807, 2.05) is 0 Å². The van der Waals surface area contributed by atoms with Crippen molar-refractivity contribution in [3.05, 3.63) is 0 Å². The molecule has 0 aromatic rings. The van der Waals surface area contributed by atoms with Gasteiger partial charge in [0.25, 0.3) is 0 Å². The molecule has 5 heteroatoms. The van der Waals surface area contributed by atoms with Crippen LogP contribution < -0.4 is 5.32 Å². The Balaban J connectivity index is 0.000001000. The third-order valence-corrected chi connectivity index (χ3v) is 1.56. The molecule has 0 saturated carbocycles. The fraction of sp³-hybridized carbons (Fsp3) is 0.833. The topological polar surface area (TPSA) is 38.3 Å². The molecule has 1 heterocycles. The average Bonchev–Trinajstić information content (AvgIpc) is 2.34. The second-order valence-corrected chi connectivity index (χ2v) is 2.32. The quantitative estimate of drug-likeness (QED) is 0.594. The number of carbonyl (C=O) groups excluding carboxylic acids is 1. The molecule has 11 heavy (non-hydrogen) atoms. The van der Waals surface area contributed by atoms with Gasteiger partial charge < -0.3 is 10.1 Å². The number of carbonyl (C=O) groups is 1. The summed E-state index contributed by atoms with van der Waals surface area (Å²) in [5.41, 5.74) is 0. The SMILES string of the molecule is COC(=O)[C@H]1C[C@@H](F)CN1.Cl. The zero-order chi connectivity index (χ0) is 7.56. The Hall–Kier alpha value is -0.350. The normalized spacial score (nSPS) is 29.3. The van der Waals surface area contributed by atoms with Gasteiger partial charge in [-0.2, -0.15) is 0 Å². The molecule has 1 N–H and O–H groups in total. The van der Waals surface area contributed by atoms with Gasteiger partial charge in [0.1, 0.15) is 12.2 Å². The van der Waals surface area contributed by atoms with Gasteiger partial charge in [0.05, 0.1) is 7.11 Å². The summed E-state index contributed by atoms with van der Waals surface area (Å²) in [6, 6.07) is -0.431. The summed E-state index contributed by atoms with van der Waals surface area (Å²) >= 11 is 0. The third kappa shape index (κ3) is 2.63. The van der Waals surface area contributed by atoms with E-state index in [2.05, 4.69) is 10.1 Å². The molecule has 0 aromatic carbocycles. The van der Waals surface area contributed by atoms with Crippen LogP contribution in [0.4, 0.5) is 4.39 Å². The standard InChI is InChI=1S/C6H10FNO2.ClH/c1-10-6(9)5-2-4(7)3-8-5;/h4-5,8H,2-3H2,1H3;1H/t4-,5-;/m1./s1. The highest BCUT2D eigenvalue weighted by Gasteiger charge is 2.29. The second kappa shape index (κ2) is 4.51. The molecule has 0 bridgehead atoms. The summed E-state index contributed by atoms with van der Waals surface area (Å²) in [5.74, 6) is -0.375. The molecule has 1 saturated heterocycles. The van der Waals surface area contributed by atoms with Crippen LogP contribution in [0.2, 0.25) is 0 Å². The van der Waals surface area contributed by atoms with Gasteiger partial charge in [-0.25, -0.2) is 4.39 Å². The molecule has 0 aromatic heterocycles. The van der Waals surface area contributed by atoms with E-state index in [-0.39, 0.29) is 31.3 Å². The first-order chi connectivity index (χ1) is 4.74. The first-order valence-electron chi connectivity index (χ1n) is 3.19. The van der Waals surface area contributed by atoms with Crippen LogP contribution in [0.25, 0.3) is 0 Å². The van der Waals surface area contributed by atoms with Crippen LogP contribution in [0.15, 0.2) is 0 Å². The van der Waals surface area contributed by atoms with Crippen molar-refractivity contribution in [3.63, 3.8) is 0 Å². The average molecular weight is 184 g/mol. The van der Waals surface area contributed by atoms with E-state index in [0.717, 1.165) is 0 Å². The number of halogens is 2. The van der Waals surface area contributed by atoms with Crippen molar-refractivity contribution >= 4 is 18.4 Å². The Morgan fingerprint density at radius 2 is 2.36 bits per heavy atom. The predicted molar refractivity (Wildman–Crippen MR) is 40.6 cm³/mol. The van der Waals surface area contributed by atoms with Gasteiger partial charge in [-0.3, -0.25) is 4.79 Å². The van der Waals surface area contributed by atoms with Gasteiger partial charge in [-0.1, -0.05) is 0 Å². The summed E-state index contributed by atoms with van der Waals surface area (Å²) in [4.78, 5) is 10.7. The molecule has 0 amide bonds. The minimum absolute atomic E-state index is 0. The Morgan fingerprint density at radius 3 is 2.73 bits per heavy atom. The number of hydrogen-bond acceptors (Lipinski definition) is 3. The maximum Gasteiger partial charge on any atom is 0.322 e. The van der Waals surface area contributed by atoms with Crippen LogP contribution >= 0.6 is 12.4 Å². The summed E-state index contributed by atoms with van der Waals surface area (Å²) < 4.78 is 16.8. The van der Waals surface area contributed by atoms with E-state index < -0.39 is 12.2 Å². The van der Waals surface area contributed by atoms with Crippen LogP contribution in [-0.4, -0.2) is 31.8 Å². The van der Waals surface area contributed by atoms with Gasteiger partial charge in [0, 0.05) is 13.0 Å². The van der Waals surface area contributed by atoms with Crippen molar-refractivity contribution in [1.29, 1.82) is 0 Å². The van der Waals surface area contributed by atoms with Gasteiger partial charge in [0.15, 0.2) is 0 Å². The largest absolute Gasteiger partial charge is 0.468 e. The Kier molecular flexibility index (Phi) is 4.37. The molecular weight excluding hydrogens is 173 g/mol. The van der Waals surface area contributed by atoms with Crippen LogP contribution in [0.3, 0.4) is 0 Å². The third-order valence-electron chi connectivity index (χ3n) is 1.56. The highest BCUT2D eigenvalue weighted by Crippen LogP contribution is 2.10. The fourth-order valence-corrected chi connectivity index (χ4v) is 1.01. The number of alkyl halides is 1. The Bertz CT molecular complexity index is 145. The number of esters is 1. The molecule has 0 unspecified atom stereocenters. The molecule has 1 aliphatic heterocycles. The first kappa shape index (κ1) is 10.7. The molecular formula is C6H11ClFNO2. The van der Waals surface area contributed by atoms with Crippen molar-refractivity contribution in [3.8, 4) is 0 Å². The van der Waals surface area contributed by atoms with Gasteiger partial charge >= 0.3 is 5.97 Å². The van der Waals surface area contributed by atoms with Crippen LogP contribution in [0.1, 0.15) is 6.42 Å². The molecule has 66 valence electrons. The van der Waals surface area contributed by atoms with Crippen molar-refractivity contribution in [2.75, 3.05) is 13.7 Å². The van der Waals surface area contributed by atoms with Crippen molar-refractivity contribution in [2.24, 2.45) is 0 Å². The van der Waals surface area contributed by atoms with E-state index in [4.69, 9.17) is 0 Å². The number of hydrogen-bond donors (Lipinski definition) is 1. The van der Waals surface area contributed by atoms with Gasteiger partial charge in [0.2, 0.25) is 0 Å². The molecule has 0 radical (unpaired) electrons. The Labute approximate surface area is 70.7 Å². The molecule has 1 fully saturated rings. The summed E-state index contributed by atoms with van der Waals surface area (Å²) in [5, 5.41) is 2.71. The lowest BCUT2D eigenvalue weighted by atomic mass is 10.2. The van der Waals surface area contributed by atoms with E-state index in [1.165, 1.54) is 7.11 Å². The zero-order valence-corrected chi connectivity index (χ0v) is 6.99. The minimum atomic E-state index is -0.899. The fourth-order valence-electron chi connectivity index (χ4n) is 1.01. The highest BCUT2D eigenvalue weighted by atomic mass is 35.5. The highest BCUT2D eigenvalue weighted by molar-refractivity contribution is 5.85.